The SMILES string of the molecule is CCOc1ccc(-c2csc(C(=O)Nc3cc(Cl)cc(NS(C)(=O)=O)c3)c2)nc1. The van der Waals surface area contributed by atoms with Gasteiger partial charge in [0.15, 0.2) is 0 Å². The van der Waals surface area contributed by atoms with Gasteiger partial charge in [0, 0.05) is 21.7 Å². The van der Waals surface area contributed by atoms with E-state index in [4.69, 9.17) is 16.3 Å². The molecule has 0 radical (unpaired) electrons. The number of rotatable bonds is 7. The molecule has 1 aromatic carbocycles. The van der Waals surface area contributed by atoms with E-state index in [0.717, 1.165) is 17.5 Å². The molecule has 0 unspecified atom stereocenters. The molecule has 0 aliphatic heterocycles. The van der Waals surface area contributed by atoms with Gasteiger partial charge in [0.1, 0.15) is 5.75 Å². The summed E-state index contributed by atoms with van der Waals surface area (Å²) in [5.41, 5.74) is 2.18. The minimum absolute atomic E-state index is 0.265. The summed E-state index contributed by atoms with van der Waals surface area (Å²) in [6, 6.07) is 9.88. The van der Waals surface area contributed by atoms with E-state index < -0.39 is 10.0 Å². The van der Waals surface area contributed by atoms with Crippen LogP contribution in [0.15, 0.2) is 48.0 Å². The summed E-state index contributed by atoms with van der Waals surface area (Å²) in [5.74, 6) is 0.351. The number of nitrogens with zero attached hydrogens (tertiary/aromatic N) is 1. The molecule has 0 atom stereocenters. The van der Waals surface area contributed by atoms with Crippen molar-refractivity contribution in [1.82, 2.24) is 4.98 Å². The van der Waals surface area contributed by atoms with Crippen LogP contribution in [0, 0.1) is 0 Å². The molecule has 0 saturated heterocycles. The number of ether oxygens (including phenoxy) is 1. The summed E-state index contributed by atoms with van der Waals surface area (Å²) >= 11 is 7.30. The van der Waals surface area contributed by atoms with Gasteiger partial charge in [-0.3, -0.25) is 14.5 Å². The van der Waals surface area contributed by atoms with Crippen LogP contribution < -0.4 is 14.8 Å². The molecule has 2 aromatic heterocycles. The quantitative estimate of drug-likeness (QED) is 0.551. The third kappa shape index (κ3) is 5.93. The Morgan fingerprint density at radius 1 is 1.21 bits per heavy atom. The fourth-order valence-electron chi connectivity index (χ4n) is 2.52. The Hall–Kier alpha value is -2.62. The van der Waals surface area contributed by atoms with E-state index in [-0.39, 0.29) is 11.6 Å². The third-order valence-electron chi connectivity index (χ3n) is 3.63. The number of pyridine rings is 1. The highest BCUT2D eigenvalue weighted by Crippen LogP contribution is 2.27. The van der Waals surface area contributed by atoms with E-state index in [9.17, 15) is 13.2 Å². The molecule has 0 spiro atoms. The molecule has 1 amide bonds. The highest BCUT2D eigenvalue weighted by molar-refractivity contribution is 7.92. The van der Waals surface area contributed by atoms with Crippen molar-refractivity contribution in [2.75, 3.05) is 22.9 Å². The van der Waals surface area contributed by atoms with Crippen LogP contribution >= 0.6 is 22.9 Å². The zero-order valence-corrected chi connectivity index (χ0v) is 18.0. The number of hydrogen-bond donors (Lipinski definition) is 2. The summed E-state index contributed by atoms with van der Waals surface area (Å²) in [6.07, 6.45) is 2.67. The van der Waals surface area contributed by atoms with Gasteiger partial charge in [-0.2, -0.15) is 0 Å². The van der Waals surface area contributed by atoms with Crippen LogP contribution in [0.1, 0.15) is 16.6 Å². The zero-order chi connectivity index (χ0) is 21.0. The molecule has 0 aliphatic rings. The number of aromatic nitrogens is 1. The molecule has 0 bridgehead atoms. The number of sulfonamides is 1. The van der Waals surface area contributed by atoms with Crippen molar-refractivity contribution in [2.24, 2.45) is 0 Å². The van der Waals surface area contributed by atoms with Gasteiger partial charge in [-0.15, -0.1) is 11.3 Å². The van der Waals surface area contributed by atoms with Gasteiger partial charge in [-0.1, -0.05) is 11.6 Å². The van der Waals surface area contributed by atoms with Crippen molar-refractivity contribution in [3.05, 3.63) is 57.9 Å². The van der Waals surface area contributed by atoms with E-state index in [1.165, 1.54) is 29.5 Å². The summed E-state index contributed by atoms with van der Waals surface area (Å²) < 4.78 is 30.5. The molecule has 2 heterocycles. The molecular weight excluding hydrogens is 434 g/mol. The molecule has 0 aliphatic carbocycles. The highest BCUT2D eigenvalue weighted by atomic mass is 35.5. The van der Waals surface area contributed by atoms with Crippen molar-refractivity contribution in [3.8, 4) is 17.0 Å². The van der Waals surface area contributed by atoms with Gasteiger partial charge in [-0.05, 0) is 43.3 Å². The lowest BCUT2D eigenvalue weighted by Gasteiger charge is -2.09. The summed E-state index contributed by atoms with van der Waals surface area (Å²) in [4.78, 5) is 17.4. The highest BCUT2D eigenvalue weighted by Gasteiger charge is 2.13. The standard InChI is InChI=1S/C19H18ClN3O4S2/c1-3-27-16-4-5-17(21-10-16)12-6-18(28-11-12)19(24)22-14-7-13(20)8-15(9-14)23-29(2,25)26/h4-11,23H,3H2,1-2H3,(H,22,24). The van der Waals surface area contributed by atoms with E-state index in [0.29, 0.717) is 27.9 Å². The molecule has 0 fully saturated rings. The second kappa shape index (κ2) is 8.81. The smallest absolute Gasteiger partial charge is 0.265 e. The Bertz CT molecular complexity index is 1130. The van der Waals surface area contributed by atoms with Crippen molar-refractivity contribution in [2.45, 2.75) is 6.92 Å². The lowest BCUT2D eigenvalue weighted by molar-refractivity contribution is 0.103. The molecule has 29 heavy (non-hydrogen) atoms. The number of carbonyl (C=O) groups excluding carboxylic acids is 1. The summed E-state index contributed by atoms with van der Waals surface area (Å²) in [6.45, 7) is 2.46. The number of hydrogen-bond acceptors (Lipinski definition) is 6. The fraction of sp³-hybridized carbons (Fsp3) is 0.158. The van der Waals surface area contributed by atoms with Crippen LogP contribution in [0.4, 0.5) is 11.4 Å². The van der Waals surface area contributed by atoms with E-state index in [1.807, 2.05) is 24.4 Å². The van der Waals surface area contributed by atoms with Crippen LogP contribution in [-0.2, 0) is 10.0 Å². The van der Waals surface area contributed by atoms with Crippen LogP contribution in [0.5, 0.6) is 5.75 Å². The minimum atomic E-state index is -3.46. The Morgan fingerprint density at radius 2 is 1.97 bits per heavy atom. The predicted octanol–water partition coefficient (Wildman–Crippen LogP) is 4.49. The van der Waals surface area contributed by atoms with Gasteiger partial charge >= 0.3 is 0 Å². The van der Waals surface area contributed by atoms with Crippen molar-refractivity contribution < 1.29 is 17.9 Å². The molecule has 3 aromatic rings. The molecular formula is C19H18ClN3O4S2. The average molecular weight is 452 g/mol. The third-order valence-corrected chi connectivity index (χ3v) is 5.38. The van der Waals surface area contributed by atoms with Crippen LogP contribution in [-0.4, -0.2) is 32.2 Å². The minimum Gasteiger partial charge on any atom is -0.492 e. The lowest BCUT2D eigenvalue weighted by Crippen LogP contribution is -2.12. The maximum atomic E-state index is 12.6. The first-order valence-electron chi connectivity index (χ1n) is 8.51. The first-order chi connectivity index (χ1) is 13.7. The maximum Gasteiger partial charge on any atom is 0.265 e. The van der Waals surface area contributed by atoms with Gasteiger partial charge in [0.2, 0.25) is 10.0 Å². The van der Waals surface area contributed by atoms with Gasteiger partial charge in [0.05, 0.1) is 35.3 Å². The normalized spacial score (nSPS) is 11.1. The van der Waals surface area contributed by atoms with Crippen molar-refractivity contribution in [3.63, 3.8) is 0 Å². The number of amides is 1. The first-order valence-corrected chi connectivity index (χ1v) is 11.7. The number of carbonyl (C=O) groups is 1. The molecule has 152 valence electrons. The first kappa shape index (κ1) is 21.1. The average Bonchev–Trinajstić information content (AvgIpc) is 3.11. The maximum absolute atomic E-state index is 12.6. The van der Waals surface area contributed by atoms with Crippen LogP contribution in [0.25, 0.3) is 11.3 Å². The van der Waals surface area contributed by atoms with Gasteiger partial charge in [-0.25, -0.2) is 8.42 Å². The largest absolute Gasteiger partial charge is 0.492 e. The fourth-order valence-corrected chi connectivity index (χ4v) is 4.10. The predicted molar refractivity (Wildman–Crippen MR) is 117 cm³/mol. The molecule has 3 rings (SSSR count). The number of benzene rings is 1. The summed E-state index contributed by atoms with van der Waals surface area (Å²) in [5, 5.41) is 4.86. The number of nitrogens with one attached hydrogen (secondary N) is 2. The monoisotopic (exact) mass is 451 g/mol. The lowest BCUT2D eigenvalue weighted by atomic mass is 10.2. The second-order valence-electron chi connectivity index (χ2n) is 6.07. The van der Waals surface area contributed by atoms with E-state index >= 15 is 0 Å². The molecule has 2 N–H and O–H groups in total. The molecule has 10 heteroatoms. The zero-order valence-electron chi connectivity index (χ0n) is 15.6. The Kier molecular flexibility index (Phi) is 6.41. The van der Waals surface area contributed by atoms with Gasteiger partial charge < -0.3 is 10.1 Å². The summed E-state index contributed by atoms with van der Waals surface area (Å²) in [7, 11) is -3.46. The van der Waals surface area contributed by atoms with Crippen LogP contribution in [0.2, 0.25) is 5.02 Å². The number of thiophene rings is 1. The molecule has 0 saturated carbocycles. The number of anilines is 2. The second-order valence-corrected chi connectivity index (χ2v) is 9.16. The van der Waals surface area contributed by atoms with Crippen LogP contribution in [0.3, 0.4) is 0 Å². The Morgan fingerprint density at radius 3 is 2.62 bits per heavy atom. The Balaban J connectivity index is 1.75. The van der Waals surface area contributed by atoms with Crippen molar-refractivity contribution in [1.29, 1.82) is 0 Å². The molecule has 7 nitrogen and oxygen atoms in total. The topological polar surface area (TPSA) is 97.4 Å². The van der Waals surface area contributed by atoms with Crippen molar-refractivity contribution >= 4 is 50.2 Å². The Labute approximate surface area is 177 Å². The number of halogens is 1. The van der Waals surface area contributed by atoms with E-state index in [2.05, 4.69) is 15.0 Å². The van der Waals surface area contributed by atoms with E-state index in [1.54, 1.807) is 12.3 Å². The van der Waals surface area contributed by atoms with Gasteiger partial charge in [0.25, 0.3) is 5.91 Å².